The van der Waals surface area contributed by atoms with E-state index in [1.165, 1.54) is 0 Å². The Bertz CT molecular complexity index is 566. The number of piperidine rings is 1. The zero-order chi connectivity index (χ0) is 15.3. The molecule has 2 N–H and O–H groups in total. The topological polar surface area (TPSA) is 92.7 Å². The molecule has 0 aliphatic carbocycles. The van der Waals surface area contributed by atoms with Crippen LogP contribution in [0.25, 0.3) is 0 Å². The predicted molar refractivity (Wildman–Crippen MR) is 77.2 cm³/mol. The van der Waals surface area contributed by atoms with Crippen LogP contribution in [0.4, 0.5) is 0 Å². The largest absolute Gasteiger partial charge is 0.460 e. The molecular formula is C14H19NO5S. The van der Waals surface area contributed by atoms with Crippen molar-refractivity contribution in [3.8, 4) is 0 Å². The zero-order valence-corrected chi connectivity index (χ0v) is 12.4. The van der Waals surface area contributed by atoms with E-state index in [4.69, 9.17) is 4.74 Å². The first kappa shape index (κ1) is 15.9. The summed E-state index contributed by atoms with van der Waals surface area (Å²) in [7, 11) is -4.48. The van der Waals surface area contributed by atoms with Gasteiger partial charge in [-0.25, -0.2) is 0 Å². The summed E-state index contributed by atoms with van der Waals surface area (Å²) in [5.41, 5.74) is 0.765. The van der Waals surface area contributed by atoms with Gasteiger partial charge in [0.05, 0.1) is 0 Å². The highest BCUT2D eigenvalue weighted by Crippen LogP contribution is 2.21. The molecule has 0 amide bonds. The average Bonchev–Trinajstić information content (AvgIpc) is 2.46. The number of nitrogens with one attached hydrogen (secondary N) is 1. The van der Waals surface area contributed by atoms with Gasteiger partial charge in [-0.1, -0.05) is 30.3 Å². The summed E-state index contributed by atoms with van der Waals surface area (Å²) >= 11 is 0. The first-order valence-corrected chi connectivity index (χ1v) is 8.36. The van der Waals surface area contributed by atoms with Gasteiger partial charge in [0, 0.05) is 5.92 Å². The lowest BCUT2D eigenvalue weighted by atomic mass is 9.96. The molecule has 1 fully saturated rings. The molecule has 2 rings (SSSR count). The number of hydrogen-bond donors (Lipinski definition) is 2. The van der Waals surface area contributed by atoms with Gasteiger partial charge >= 0.3 is 5.97 Å². The third-order valence-corrected chi connectivity index (χ3v) is 4.76. The third kappa shape index (κ3) is 4.52. The Morgan fingerprint density at radius 2 is 2.10 bits per heavy atom. The molecule has 0 radical (unpaired) electrons. The van der Waals surface area contributed by atoms with Gasteiger partial charge < -0.3 is 10.1 Å². The first-order chi connectivity index (χ1) is 9.98. The molecule has 1 saturated heterocycles. The van der Waals surface area contributed by atoms with Crippen LogP contribution in [0.1, 0.15) is 18.4 Å². The molecule has 0 bridgehead atoms. The van der Waals surface area contributed by atoms with E-state index < -0.39 is 27.3 Å². The molecule has 1 aromatic rings. The van der Waals surface area contributed by atoms with Crippen molar-refractivity contribution < 1.29 is 22.5 Å². The molecule has 0 aromatic heterocycles. The quantitative estimate of drug-likeness (QED) is 0.622. The van der Waals surface area contributed by atoms with Crippen molar-refractivity contribution >= 4 is 16.1 Å². The Morgan fingerprint density at radius 3 is 2.67 bits per heavy atom. The van der Waals surface area contributed by atoms with E-state index in [0.29, 0.717) is 13.0 Å². The number of carbonyl (C=O) groups is 1. The lowest BCUT2D eigenvalue weighted by molar-refractivity contribution is -0.145. The Hall–Kier alpha value is -1.44. The highest BCUT2D eigenvalue weighted by molar-refractivity contribution is 7.87. The van der Waals surface area contributed by atoms with Crippen LogP contribution in [0.15, 0.2) is 30.3 Å². The van der Waals surface area contributed by atoms with Gasteiger partial charge in [-0.15, -0.1) is 0 Å². The zero-order valence-electron chi connectivity index (χ0n) is 11.6. The van der Waals surface area contributed by atoms with E-state index in [2.05, 4.69) is 5.32 Å². The molecule has 7 heteroatoms. The van der Waals surface area contributed by atoms with Crippen LogP contribution in [0.3, 0.4) is 0 Å². The molecule has 2 unspecified atom stereocenters. The maximum atomic E-state index is 12.1. The minimum absolute atomic E-state index is 0.00809. The Kier molecular flexibility index (Phi) is 5.33. The number of carbonyl (C=O) groups excluding carboxylic acids is 1. The lowest BCUT2D eigenvalue weighted by Crippen LogP contribution is -2.45. The average molecular weight is 313 g/mol. The van der Waals surface area contributed by atoms with Crippen molar-refractivity contribution in [2.75, 3.05) is 13.1 Å². The molecule has 1 aliphatic rings. The molecule has 1 aromatic carbocycles. The molecule has 116 valence electrons. The maximum absolute atomic E-state index is 12.1. The van der Waals surface area contributed by atoms with E-state index in [1.807, 2.05) is 6.07 Å². The molecule has 2 atom stereocenters. The van der Waals surface area contributed by atoms with Crippen molar-refractivity contribution in [3.05, 3.63) is 35.9 Å². The van der Waals surface area contributed by atoms with Crippen LogP contribution in [0, 0.1) is 5.92 Å². The van der Waals surface area contributed by atoms with Gasteiger partial charge in [0.1, 0.15) is 6.61 Å². The van der Waals surface area contributed by atoms with Crippen molar-refractivity contribution in [2.24, 2.45) is 5.92 Å². The fourth-order valence-corrected chi connectivity index (χ4v) is 3.54. The highest BCUT2D eigenvalue weighted by atomic mass is 32.2. The van der Waals surface area contributed by atoms with Crippen LogP contribution < -0.4 is 5.32 Å². The number of hydrogen-bond acceptors (Lipinski definition) is 5. The normalized spacial score (nSPS) is 20.7. The molecule has 0 spiro atoms. The summed E-state index contributed by atoms with van der Waals surface area (Å²) in [5, 5.41) is 1.51. The third-order valence-electron chi connectivity index (χ3n) is 3.54. The number of ether oxygens (including phenoxy) is 1. The van der Waals surface area contributed by atoms with E-state index in [1.54, 1.807) is 24.3 Å². The molecule has 0 saturated carbocycles. The minimum Gasteiger partial charge on any atom is -0.460 e. The summed E-state index contributed by atoms with van der Waals surface area (Å²) in [6, 6.07) is 8.98. The van der Waals surface area contributed by atoms with Crippen molar-refractivity contribution in [3.63, 3.8) is 0 Å². The van der Waals surface area contributed by atoms with Gasteiger partial charge in [-0.2, -0.15) is 8.42 Å². The smallest absolute Gasteiger partial charge is 0.327 e. The van der Waals surface area contributed by atoms with Crippen LogP contribution in [-0.2, 0) is 26.3 Å². The predicted octanol–water partition coefficient (Wildman–Crippen LogP) is 0.986. The molecule has 1 aliphatic heterocycles. The second-order valence-corrected chi connectivity index (χ2v) is 6.67. The van der Waals surface area contributed by atoms with Gasteiger partial charge in [-0.05, 0) is 31.5 Å². The van der Waals surface area contributed by atoms with Crippen molar-refractivity contribution in [2.45, 2.75) is 24.7 Å². The van der Waals surface area contributed by atoms with E-state index in [9.17, 15) is 17.8 Å². The summed E-state index contributed by atoms with van der Waals surface area (Å²) in [6.07, 6.45) is 1.33. The number of rotatable bonds is 5. The standard InChI is InChI=1S/C14H19NO5S/c16-14(20-10-11-5-2-1-3-6-11)13(21(17,18)19)12-7-4-8-15-9-12/h1-3,5-6,12-13,15H,4,7-10H2,(H,17,18,19). The lowest BCUT2D eigenvalue weighted by Gasteiger charge is -2.27. The molecule has 21 heavy (non-hydrogen) atoms. The van der Waals surface area contributed by atoms with Crippen LogP contribution >= 0.6 is 0 Å². The maximum Gasteiger partial charge on any atom is 0.327 e. The Morgan fingerprint density at radius 1 is 1.38 bits per heavy atom. The summed E-state index contributed by atoms with van der Waals surface area (Å²) in [4.78, 5) is 12.1. The second-order valence-electron chi connectivity index (χ2n) is 5.14. The molecular weight excluding hydrogens is 294 g/mol. The van der Waals surface area contributed by atoms with Crippen molar-refractivity contribution in [1.29, 1.82) is 0 Å². The van der Waals surface area contributed by atoms with E-state index in [0.717, 1.165) is 18.5 Å². The Labute approximate surface area is 124 Å². The van der Waals surface area contributed by atoms with E-state index >= 15 is 0 Å². The first-order valence-electron chi connectivity index (χ1n) is 6.86. The monoisotopic (exact) mass is 313 g/mol. The van der Waals surface area contributed by atoms with Gasteiger partial charge in [-0.3, -0.25) is 9.35 Å². The van der Waals surface area contributed by atoms with Crippen LogP contribution in [0.2, 0.25) is 0 Å². The van der Waals surface area contributed by atoms with Crippen LogP contribution in [0.5, 0.6) is 0 Å². The van der Waals surface area contributed by atoms with Gasteiger partial charge in [0.2, 0.25) is 0 Å². The fraction of sp³-hybridized carbons (Fsp3) is 0.500. The number of esters is 1. The molecule has 1 heterocycles. The van der Waals surface area contributed by atoms with Gasteiger partial charge in [0.25, 0.3) is 10.1 Å². The summed E-state index contributed by atoms with van der Waals surface area (Å²) in [5.74, 6) is -1.35. The Balaban J connectivity index is 2.04. The molecule has 6 nitrogen and oxygen atoms in total. The summed E-state index contributed by atoms with van der Waals surface area (Å²) < 4.78 is 37.4. The van der Waals surface area contributed by atoms with Gasteiger partial charge in [0.15, 0.2) is 5.25 Å². The van der Waals surface area contributed by atoms with E-state index in [-0.39, 0.29) is 6.61 Å². The second kappa shape index (κ2) is 7.02. The summed E-state index contributed by atoms with van der Waals surface area (Å²) in [6.45, 7) is 1.16. The fourth-order valence-electron chi connectivity index (χ4n) is 2.51. The SMILES string of the molecule is O=C(OCc1ccccc1)C(C1CCCNC1)S(=O)(=O)O. The van der Waals surface area contributed by atoms with Crippen LogP contribution in [-0.4, -0.2) is 37.3 Å². The van der Waals surface area contributed by atoms with Crippen molar-refractivity contribution in [1.82, 2.24) is 5.32 Å². The minimum atomic E-state index is -4.48. The number of benzene rings is 1. The highest BCUT2D eigenvalue weighted by Gasteiger charge is 2.40.